The molecule has 1 aromatic heterocycles. The van der Waals surface area contributed by atoms with Crippen molar-refractivity contribution in [1.82, 2.24) is 0 Å². The van der Waals surface area contributed by atoms with E-state index in [9.17, 15) is 9.59 Å². The standard InChI is InChI=1S/C19H15BrN2O2S2/c20-15-4-1-2-5-16(15)22-18(23)12-26-14-9-7-13(8-10-14)21-19(24)17-6-3-11-25-17/h1-11H,12H2,(H,21,24)(H,22,23). The molecule has 3 aromatic rings. The zero-order valence-electron chi connectivity index (χ0n) is 13.6. The van der Waals surface area contributed by atoms with E-state index in [1.165, 1.54) is 23.1 Å². The Kier molecular flexibility index (Phi) is 6.49. The Balaban J connectivity index is 1.50. The minimum Gasteiger partial charge on any atom is -0.324 e. The molecular formula is C19H15BrN2O2S2. The topological polar surface area (TPSA) is 58.2 Å². The number of halogens is 1. The number of hydrogen-bond acceptors (Lipinski definition) is 4. The van der Waals surface area contributed by atoms with Gasteiger partial charge in [-0.3, -0.25) is 9.59 Å². The van der Waals surface area contributed by atoms with E-state index in [4.69, 9.17) is 0 Å². The van der Waals surface area contributed by atoms with Gasteiger partial charge in [0.1, 0.15) is 0 Å². The van der Waals surface area contributed by atoms with Crippen molar-refractivity contribution in [2.45, 2.75) is 4.90 Å². The number of rotatable bonds is 6. The smallest absolute Gasteiger partial charge is 0.265 e. The summed E-state index contributed by atoms with van der Waals surface area (Å²) in [4.78, 5) is 25.7. The maximum Gasteiger partial charge on any atom is 0.265 e. The van der Waals surface area contributed by atoms with Gasteiger partial charge in [0, 0.05) is 15.1 Å². The first-order chi connectivity index (χ1) is 12.6. The number of carbonyl (C=O) groups excluding carboxylic acids is 2. The molecule has 0 saturated heterocycles. The zero-order valence-corrected chi connectivity index (χ0v) is 16.8. The van der Waals surface area contributed by atoms with Gasteiger partial charge in [0.15, 0.2) is 0 Å². The number of anilines is 2. The molecule has 0 saturated carbocycles. The van der Waals surface area contributed by atoms with Gasteiger partial charge in [-0.05, 0) is 63.8 Å². The highest BCUT2D eigenvalue weighted by atomic mass is 79.9. The molecule has 2 aromatic carbocycles. The summed E-state index contributed by atoms with van der Waals surface area (Å²) in [7, 11) is 0. The van der Waals surface area contributed by atoms with Crippen LogP contribution >= 0.6 is 39.0 Å². The lowest BCUT2D eigenvalue weighted by Gasteiger charge is -2.08. The Morgan fingerprint density at radius 2 is 1.73 bits per heavy atom. The van der Waals surface area contributed by atoms with Crippen molar-refractivity contribution < 1.29 is 9.59 Å². The van der Waals surface area contributed by atoms with Crippen LogP contribution in [0.2, 0.25) is 0 Å². The van der Waals surface area contributed by atoms with E-state index in [1.54, 1.807) is 6.07 Å². The molecule has 132 valence electrons. The van der Waals surface area contributed by atoms with Gasteiger partial charge in [0.2, 0.25) is 5.91 Å². The summed E-state index contributed by atoms with van der Waals surface area (Å²) in [5.74, 6) is 0.118. The first-order valence-electron chi connectivity index (χ1n) is 7.74. The van der Waals surface area contributed by atoms with Gasteiger partial charge in [-0.15, -0.1) is 23.1 Å². The maximum atomic E-state index is 12.1. The van der Waals surface area contributed by atoms with E-state index in [1.807, 2.05) is 60.0 Å². The van der Waals surface area contributed by atoms with Crippen LogP contribution in [0.3, 0.4) is 0 Å². The number of thiophene rings is 1. The minimum atomic E-state index is -0.117. The molecule has 0 aliphatic carbocycles. The second-order valence-corrected chi connectivity index (χ2v) is 8.12. The highest BCUT2D eigenvalue weighted by Crippen LogP contribution is 2.24. The Morgan fingerprint density at radius 1 is 0.962 bits per heavy atom. The molecule has 2 amide bonds. The fourth-order valence-electron chi connectivity index (χ4n) is 2.13. The van der Waals surface area contributed by atoms with E-state index in [2.05, 4.69) is 26.6 Å². The number of amides is 2. The largest absolute Gasteiger partial charge is 0.324 e. The van der Waals surface area contributed by atoms with E-state index >= 15 is 0 Å². The van der Waals surface area contributed by atoms with Crippen molar-refractivity contribution in [3.05, 3.63) is 75.4 Å². The van der Waals surface area contributed by atoms with E-state index in [0.29, 0.717) is 10.6 Å². The summed E-state index contributed by atoms with van der Waals surface area (Å²) in [6.45, 7) is 0. The van der Waals surface area contributed by atoms with Crippen LogP contribution in [-0.4, -0.2) is 17.6 Å². The van der Waals surface area contributed by atoms with Gasteiger partial charge >= 0.3 is 0 Å². The van der Waals surface area contributed by atoms with E-state index < -0.39 is 0 Å². The van der Waals surface area contributed by atoms with Crippen molar-refractivity contribution in [1.29, 1.82) is 0 Å². The molecule has 0 fully saturated rings. The lowest BCUT2D eigenvalue weighted by atomic mass is 10.3. The fourth-order valence-corrected chi connectivity index (χ4v) is 3.83. The Morgan fingerprint density at radius 3 is 2.42 bits per heavy atom. The lowest BCUT2D eigenvalue weighted by Crippen LogP contribution is -2.14. The summed E-state index contributed by atoms with van der Waals surface area (Å²) in [5.41, 5.74) is 1.48. The van der Waals surface area contributed by atoms with Crippen LogP contribution < -0.4 is 10.6 Å². The quantitative estimate of drug-likeness (QED) is 0.491. The van der Waals surface area contributed by atoms with Crippen molar-refractivity contribution in [2.75, 3.05) is 16.4 Å². The molecule has 1 heterocycles. The van der Waals surface area contributed by atoms with Crippen LogP contribution in [0.4, 0.5) is 11.4 Å². The second-order valence-electron chi connectivity index (χ2n) is 5.27. The molecule has 4 nitrogen and oxygen atoms in total. The highest BCUT2D eigenvalue weighted by molar-refractivity contribution is 9.10. The number of para-hydroxylation sites is 1. The van der Waals surface area contributed by atoms with Gasteiger partial charge in [-0.2, -0.15) is 0 Å². The molecular weight excluding hydrogens is 432 g/mol. The lowest BCUT2D eigenvalue weighted by molar-refractivity contribution is -0.113. The van der Waals surface area contributed by atoms with Crippen molar-refractivity contribution in [3.63, 3.8) is 0 Å². The van der Waals surface area contributed by atoms with Crippen LogP contribution in [0.15, 0.2) is 75.4 Å². The van der Waals surface area contributed by atoms with Gasteiger partial charge in [-0.1, -0.05) is 18.2 Å². The van der Waals surface area contributed by atoms with Crippen molar-refractivity contribution in [2.24, 2.45) is 0 Å². The molecule has 0 aliphatic heterocycles. The number of carbonyl (C=O) groups is 2. The summed E-state index contributed by atoms with van der Waals surface area (Å²) < 4.78 is 0.851. The van der Waals surface area contributed by atoms with Gasteiger partial charge in [0.25, 0.3) is 5.91 Å². The third-order valence-corrected chi connectivity index (χ3v) is 5.95. The molecule has 7 heteroatoms. The Labute approximate surface area is 168 Å². The number of thioether (sulfide) groups is 1. The first kappa shape index (κ1) is 18.7. The number of nitrogens with one attached hydrogen (secondary N) is 2. The third-order valence-electron chi connectivity index (χ3n) is 3.38. The van der Waals surface area contributed by atoms with Gasteiger partial charge in [-0.25, -0.2) is 0 Å². The minimum absolute atomic E-state index is 0.0722. The van der Waals surface area contributed by atoms with E-state index in [-0.39, 0.29) is 11.8 Å². The highest BCUT2D eigenvalue weighted by Gasteiger charge is 2.08. The summed E-state index contributed by atoms with van der Waals surface area (Å²) in [6.07, 6.45) is 0. The predicted octanol–water partition coefficient (Wildman–Crippen LogP) is 5.49. The van der Waals surface area contributed by atoms with Crippen molar-refractivity contribution >= 4 is 62.2 Å². The first-order valence-corrected chi connectivity index (χ1v) is 10.4. The van der Waals surface area contributed by atoms with Gasteiger partial charge < -0.3 is 10.6 Å². The molecule has 2 N–H and O–H groups in total. The van der Waals surface area contributed by atoms with Crippen molar-refractivity contribution in [3.8, 4) is 0 Å². The fraction of sp³-hybridized carbons (Fsp3) is 0.0526. The molecule has 0 atom stereocenters. The summed E-state index contributed by atoms with van der Waals surface area (Å²) >= 11 is 6.25. The molecule has 0 radical (unpaired) electrons. The van der Waals surface area contributed by atoms with Crippen LogP contribution in [0, 0.1) is 0 Å². The number of benzene rings is 2. The Bertz CT molecular complexity index is 896. The molecule has 0 spiro atoms. The summed E-state index contributed by atoms with van der Waals surface area (Å²) in [6, 6.07) is 18.6. The van der Waals surface area contributed by atoms with Crippen LogP contribution in [0.25, 0.3) is 0 Å². The van der Waals surface area contributed by atoms with Gasteiger partial charge in [0.05, 0.1) is 16.3 Å². The maximum absolute atomic E-state index is 12.1. The normalized spacial score (nSPS) is 10.3. The average Bonchev–Trinajstić information content (AvgIpc) is 3.18. The predicted molar refractivity (Wildman–Crippen MR) is 112 cm³/mol. The SMILES string of the molecule is O=C(CSc1ccc(NC(=O)c2cccs2)cc1)Nc1ccccc1Br. The zero-order chi connectivity index (χ0) is 18.4. The number of hydrogen-bond donors (Lipinski definition) is 2. The second kappa shape index (κ2) is 9.02. The third kappa shape index (κ3) is 5.20. The molecule has 0 bridgehead atoms. The average molecular weight is 447 g/mol. The monoisotopic (exact) mass is 446 g/mol. The van der Waals surface area contributed by atoms with Crippen LogP contribution in [0.5, 0.6) is 0 Å². The molecule has 0 aliphatic rings. The van der Waals surface area contributed by atoms with E-state index in [0.717, 1.165) is 20.7 Å². The Hall–Kier alpha value is -2.09. The molecule has 26 heavy (non-hydrogen) atoms. The molecule has 0 unspecified atom stereocenters. The molecule has 3 rings (SSSR count). The summed E-state index contributed by atoms with van der Waals surface area (Å²) in [5, 5.41) is 7.59. The van der Waals surface area contributed by atoms with Crippen LogP contribution in [0.1, 0.15) is 9.67 Å². The van der Waals surface area contributed by atoms with Crippen LogP contribution in [-0.2, 0) is 4.79 Å².